The molecule has 0 amide bonds. The average Bonchev–Trinajstić information content (AvgIpc) is 3.29. The van der Waals surface area contributed by atoms with Crippen molar-refractivity contribution in [3.05, 3.63) is 25.0 Å². The van der Waals surface area contributed by atoms with Crippen LogP contribution in [0.15, 0.2) is 25.0 Å². The second-order valence-corrected chi connectivity index (χ2v) is 7.36. The van der Waals surface area contributed by atoms with Gasteiger partial charge in [0.2, 0.25) is 0 Å². The number of aliphatic hydroxyl groups is 2. The first-order valence-electron chi connectivity index (χ1n) is 9.80. The van der Waals surface area contributed by atoms with Crippen LogP contribution in [0.4, 0.5) is 5.82 Å². The lowest BCUT2D eigenvalue weighted by atomic mass is 9.93. The Kier molecular flexibility index (Phi) is 5.67. The van der Waals surface area contributed by atoms with Gasteiger partial charge in [-0.3, -0.25) is 4.57 Å². The van der Waals surface area contributed by atoms with E-state index in [0.29, 0.717) is 17.0 Å². The zero-order valence-corrected chi connectivity index (χ0v) is 16.2. The monoisotopic (exact) mass is 399 g/mol. The molecule has 4 atom stereocenters. The smallest absolute Gasteiger partial charge is 0.167 e. The molecule has 9 nitrogen and oxygen atoms in total. The van der Waals surface area contributed by atoms with Crippen molar-refractivity contribution in [2.45, 2.75) is 69.3 Å². The molecule has 1 saturated heterocycles. The number of nitrogens with one attached hydrogen (secondary N) is 1. The van der Waals surface area contributed by atoms with E-state index in [4.69, 9.17) is 15.9 Å². The number of aromatic nitrogens is 4. The Morgan fingerprint density at radius 1 is 1.24 bits per heavy atom. The van der Waals surface area contributed by atoms with Crippen molar-refractivity contribution in [3.63, 3.8) is 0 Å². The Balaban J connectivity index is 1.50. The van der Waals surface area contributed by atoms with Gasteiger partial charge in [-0.05, 0) is 32.6 Å². The third-order valence-electron chi connectivity index (χ3n) is 5.46. The summed E-state index contributed by atoms with van der Waals surface area (Å²) >= 11 is 0. The zero-order chi connectivity index (χ0) is 20.4. The predicted octanol–water partition coefficient (Wildman–Crippen LogP) is 1.35. The van der Waals surface area contributed by atoms with Crippen molar-refractivity contribution in [1.82, 2.24) is 19.5 Å². The zero-order valence-electron chi connectivity index (χ0n) is 16.2. The van der Waals surface area contributed by atoms with Gasteiger partial charge in [-0.15, -0.1) is 6.42 Å². The number of hydrogen-bond donors (Lipinski definition) is 3. The van der Waals surface area contributed by atoms with Crippen LogP contribution in [0, 0.1) is 12.3 Å². The maximum absolute atomic E-state index is 10.3. The number of nitrogens with zero attached hydrogens (tertiary/aromatic N) is 4. The minimum absolute atomic E-state index is 0.255. The Hall–Kier alpha value is -2.67. The molecule has 0 bridgehead atoms. The number of rotatable bonds is 5. The standard InChI is InChI=1S/C20H25N5O4/c1-3-9-28-13-7-5-12(6-8-13)24-18-15-19(22-10-21-18)25(11-23-15)20-17(27)16(26)14(4-2)29-20/h2-3,9-14,16-17,20,26-27H,5-8H2,1H3,(H,21,22,24)/b9-3+/t12?,13?,14-,16-,17-,20-/m1/s1. The lowest BCUT2D eigenvalue weighted by Gasteiger charge is -2.28. The summed E-state index contributed by atoms with van der Waals surface area (Å²) in [6.45, 7) is 1.94. The molecule has 9 heteroatoms. The van der Waals surface area contributed by atoms with Gasteiger partial charge in [0, 0.05) is 6.04 Å². The van der Waals surface area contributed by atoms with Crippen LogP contribution in [0.3, 0.4) is 0 Å². The molecular formula is C20H25N5O4. The largest absolute Gasteiger partial charge is 0.498 e. The molecule has 1 saturated carbocycles. The quantitative estimate of drug-likeness (QED) is 0.510. The van der Waals surface area contributed by atoms with Gasteiger partial charge in [-0.25, -0.2) is 15.0 Å². The highest BCUT2D eigenvalue weighted by molar-refractivity contribution is 5.82. The number of hydrogen-bond acceptors (Lipinski definition) is 8. The first-order chi connectivity index (χ1) is 14.1. The van der Waals surface area contributed by atoms with Gasteiger partial charge in [-0.2, -0.15) is 0 Å². The molecular weight excluding hydrogens is 374 g/mol. The van der Waals surface area contributed by atoms with E-state index in [2.05, 4.69) is 26.2 Å². The van der Waals surface area contributed by atoms with Crippen molar-refractivity contribution < 1.29 is 19.7 Å². The number of anilines is 1. The number of aliphatic hydroxyl groups excluding tert-OH is 2. The predicted molar refractivity (Wildman–Crippen MR) is 106 cm³/mol. The molecule has 3 heterocycles. The highest BCUT2D eigenvalue weighted by atomic mass is 16.6. The number of imidazole rings is 1. The van der Waals surface area contributed by atoms with Crippen LogP contribution in [0.2, 0.25) is 0 Å². The fraction of sp³-hybridized carbons (Fsp3) is 0.550. The molecule has 1 aliphatic heterocycles. The second-order valence-electron chi connectivity index (χ2n) is 7.36. The van der Waals surface area contributed by atoms with Gasteiger partial charge in [-0.1, -0.05) is 12.0 Å². The molecule has 154 valence electrons. The number of fused-ring (bicyclic) bond motifs is 1. The van der Waals surface area contributed by atoms with Crippen LogP contribution in [0.5, 0.6) is 0 Å². The molecule has 3 N–H and O–H groups in total. The Morgan fingerprint density at radius 2 is 2.03 bits per heavy atom. The normalized spacial score (nSPS) is 32.5. The van der Waals surface area contributed by atoms with Crippen molar-refractivity contribution in [2.75, 3.05) is 5.32 Å². The molecule has 29 heavy (non-hydrogen) atoms. The third-order valence-corrected chi connectivity index (χ3v) is 5.46. The summed E-state index contributed by atoms with van der Waals surface area (Å²) in [6.07, 6.45) is 12.0. The van der Waals surface area contributed by atoms with Gasteiger partial charge < -0.3 is 25.0 Å². The molecule has 2 aromatic rings. The highest BCUT2D eigenvalue weighted by Gasteiger charge is 2.43. The molecule has 2 aromatic heterocycles. The minimum Gasteiger partial charge on any atom is -0.498 e. The van der Waals surface area contributed by atoms with Gasteiger partial charge in [0.15, 0.2) is 23.2 Å². The first-order valence-corrected chi connectivity index (χ1v) is 9.80. The Labute approximate surface area is 168 Å². The van der Waals surface area contributed by atoms with Crippen molar-refractivity contribution in [2.24, 2.45) is 0 Å². The fourth-order valence-corrected chi connectivity index (χ4v) is 3.90. The minimum atomic E-state index is -1.17. The van der Waals surface area contributed by atoms with E-state index in [-0.39, 0.29) is 12.1 Å². The van der Waals surface area contributed by atoms with E-state index in [1.807, 2.05) is 13.0 Å². The summed E-state index contributed by atoms with van der Waals surface area (Å²) in [7, 11) is 0. The average molecular weight is 399 g/mol. The van der Waals surface area contributed by atoms with E-state index in [9.17, 15) is 10.2 Å². The molecule has 0 unspecified atom stereocenters. The van der Waals surface area contributed by atoms with Gasteiger partial charge >= 0.3 is 0 Å². The summed E-state index contributed by atoms with van der Waals surface area (Å²) in [5.41, 5.74) is 1.08. The molecule has 0 spiro atoms. The van der Waals surface area contributed by atoms with Crippen LogP contribution in [-0.4, -0.2) is 60.2 Å². The lowest BCUT2D eigenvalue weighted by molar-refractivity contribution is -0.0230. The van der Waals surface area contributed by atoms with Gasteiger partial charge in [0.25, 0.3) is 0 Å². The molecule has 0 aromatic carbocycles. The van der Waals surface area contributed by atoms with E-state index < -0.39 is 24.5 Å². The molecule has 2 aliphatic rings. The number of ether oxygens (including phenoxy) is 2. The summed E-state index contributed by atoms with van der Waals surface area (Å²) in [5.74, 6) is 2.97. The first kappa shape index (κ1) is 19.6. The lowest BCUT2D eigenvalue weighted by Crippen LogP contribution is -2.30. The second kappa shape index (κ2) is 8.37. The van der Waals surface area contributed by atoms with E-state index >= 15 is 0 Å². The van der Waals surface area contributed by atoms with Crippen LogP contribution in [0.1, 0.15) is 38.8 Å². The fourth-order valence-electron chi connectivity index (χ4n) is 3.90. The topological polar surface area (TPSA) is 115 Å². The summed E-state index contributed by atoms with van der Waals surface area (Å²) in [5, 5.41) is 23.8. The molecule has 0 radical (unpaired) electrons. The van der Waals surface area contributed by atoms with Crippen LogP contribution in [-0.2, 0) is 9.47 Å². The van der Waals surface area contributed by atoms with Gasteiger partial charge in [0.05, 0.1) is 18.7 Å². The maximum atomic E-state index is 10.3. The number of allylic oxidation sites excluding steroid dienone is 1. The maximum Gasteiger partial charge on any atom is 0.167 e. The number of terminal acetylenes is 1. The summed E-state index contributed by atoms with van der Waals surface area (Å²) < 4.78 is 12.9. The SMILES string of the molecule is C#C[C@H]1O[C@@H](n2cnc3c(NC4CCC(O/C=C/C)CC4)ncnc32)[C@H](O)[C@@H]1O. The van der Waals surface area contributed by atoms with Crippen LogP contribution >= 0.6 is 0 Å². The van der Waals surface area contributed by atoms with Crippen LogP contribution in [0.25, 0.3) is 11.2 Å². The summed E-state index contributed by atoms with van der Waals surface area (Å²) in [6, 6.07) is 0.268. The molecule has 1 aliphatic carbocycles. The van der Waals surface area contributed by atoms with Crippen LogP contribution < -0.4 is 5.32 Å². The van der Waals surface area contributed by atoms with E-state index in [0.717, 1.165) is 25.7 Å². The van der Waals surface area contributed by atoms with E-state index in [1.54, 1.807) is 10.8 Å². The van der Waals surface area contributed by atoms with E-state index in [1.165, 1.54) is 12.7 Å². The summed E-state index contributed by atoms with van der Waals surface area (Å²) in [4.78, 5) is 13.1. The highest BCUT2D eigenvalue weighted by Crippen LogP contribution is 2.32. The van der Waals surface area contributed by atoms with Crippen molar-refractivity contribution >= 4 is 17.0 Å². The Bertz CT molecular complexity index is 915. The Morgan fingerprint density at radius 3 is 2.72 bits per heavy atom. The van der Waals surface area contributed by atoms with Gasteiger partial charge in [0.1, 0.15) is 24.6 Å². The van der Waals surface area contributed by atoms with Crippen molar-refractivity contribution in [3.8, 4) is 12.3 Å². The molecule has 4 rings (SSSR count). The molecule has 2 fully saturated rings. The third kappa shape index (κ3) is 3.79. The van der Waals surface area contributed by atoms with Crippen molar-refractivity contribution in [1.29, 1.82) is 0 Å².